The van der Waals surface area contributed by atoms with Crippen LogP contribution >= 0.6 is 0 Å². The number of ether oxygens (including phenoxy) is 1. The fraction of sp³-hybridized carbons (Fsp3) is 0.417. The quantitative estimate of drug-likeness (QED) is 0.698. The Labute approximate surface area is 93.9 Å². The summed E-state index contributed by atoms with van der Waals surface area (Å²) in [7, 11) is 0. The molecule has 0 fully saturated rings. The van der Waals surface area contributed by atoms with E-state index in [1.807, 2.05) is 12.1 Å². The Morgan fingerprint density at radius 1 is 1.69 bits per heavy atom. The van der Waals surface area contributed by atoms with E-state index in [0.29, 0.717) is 19.4 Å². The lowest BCUT2D eigenvalue weighted by Crippen LogP contribution is -2.32. The summed E-state index contributed by atoms with van der Waals surface area (Å²) >= 11 is 0. The number of carbonyl (C=O) groups is 1. The Morgan fingerprint density at radius 2 is 2.50 bits per heavy atom. The maximum absolute atomic E-state index is 11.8. The normalized spacial score (nSPS) is 22.2. The molecule has 16 heavy (non-hydrogen) atoms. The zero-order valence-electron chi connectivity index (χ0n) is 9.06. The molecular weight excluding hydrogens is 204 g/mol. The van der Waals surface area contributed by atoms with E-state index in [1.54, 1.807) is 13.1 Å². The molecule has 4 heteroatoms. The van der Waals surface area contributed by atoms with E-state index in [4.69, 9.17) is 4.74 Å². The Hall–Kier alpha value is -1.89. The summed E-state index contributed by atoms with van der Waals surface area (Å²) in [6.45, 7) is 2.04. The van der Waals surface area contributed by atoms with Gasteiger partial charge in [-0.3, -0.25) is 9.78 Å². The first-order valence-electron chi connectivity index (χ1n) is 5.23. The van der Waals surface area contributed by atoms with E-state index in [2.05, 4.69) is 11.1 Å². The third-order valence-electron chi connectivity index (χ3n) is 2.83. The molecule has 0 radical (unpaired) electrons. The molecule has 0 amide bonds. The molecule has 0 aromatic carbocycles. The van der Waals surface area contributed by atoms with Crippen LogP contribution < -0.4 is 0 Å². The van der Waals surface area contributed by atoms with Crippen LogP contribution in [0.15, 0.2) is 18.3 Å². The van der Waals surface area contributed by atoms with Crippen LogP contribution in [0, 0.1) is 16.7 Å². The summed E-state index contributed by atoms with van der Waals surface area (Å²) in [6, 6.07) is 5.81. The summed E-state index contributed by atoms with van der Waals surface area (Å²) < 4.78 is 4.96. The van der Waals surface area contributed by atoms with Crippen molar-refractivity contribution in [3.05, 3.63) is 29.6 Å². The standard InChI is InChI=1S/C12H12N2O2/c1-2-16-11(15)12(8-13)6-9-4-3-5-14-10(9)7-12/h3-5H,2,6-7H2,1H3. The number of esters is 1. The third-order valence-corrected chi connectivity index (χ3v) is 2.83. The van der Waals surface area contributed by atoms with Gasteiger partial charge in [0.15, 0.2) is 5.41 Å². The van der Waals surface area contributed by atoms with Gasteiger partial charge in [-0.15, -0.1) is 0 Å². The van der Waals surface area contributed by atoms with Crippen molar-refractivity contribution >= 4 is 5.97 Å². The van der Waals surface area contributed by atoms with Crippen LogP contribution in [0.1, 0.15) is 18.2 Å². The monoisotopic (exact) mass is 216 g/mol. The van der Waals surface area contributed by atoms with E-state index in [1.165, 1.54) is 0 Å². The Morgan fingerprint density at radius 3 is 3.12 bits per heavy atom. The first-order valence-corrected chi connectivity index (χ1v) is 5.23. The summed E-state index contributed by atoms with van der Waals surface area (Å²) in [6.07, 6.45) is 2.45. The SMILES string of the molecule is CCOC(=O)C1(C#N)Cc2cccnc2C1. The lowest BCUT2D eigenvalue weighted by molar-refractivity contribution is -0.151. The third kappa shape index (κ3) is 1.54. The van der Waals surface area contributed by atoms with Crippen molar-refractivity contribution in [1.82, 2.24) is 4.98 Å². The Kier molecular flexibility index (Phi) is 2.61. The molecule has 1 heterocycles. The summed E-state index contributed by atoms with van der Waals surface area (Å²) in [5.41, 5.74) is 0.737. The van der Waals surface area contributed by atoms with Crippen LogP contribution in [0.3, 0.4) is 0 Å². The van der Waals surface area contributed by atoms with Gasteiger partial charge in [-0.05, 0) is 18.6 Å². The van der Waals surface area contributed by atoms with Gasteiger partial charge in [0.05, 0.1) is 12.7 Å². The number of rotatable bonds is 2. The lowest BCUT2D eigenvalue weighted by atomic mass is 9.87. The van der Waals surface area contributed by atoms with Gasteiger partial charge in [0.2, 0.25) is 0 Å². The summed E-state index contributed by atoms with van der Waals surface area (Å²) in [5.74, 6) is -0.435. The molecule has 1 atom stereocenters. The van der Waals surface area contributed by atoms with Gasteiger partial charge in [0, 0.05) is 24.7 Å². The highest BCUT2D eigenvalue weighted by Gasteiger charge is 2.46. The van der Waals surface area contributed by atoms with Crippen molar-refractivity contribution in [3.8, 4) is 6.07 Å². The number of carbonyl (C=O) groups excluding carboxylic acids is 1. The average Bonchev–Trinajstić information content (AvgIpc) is 2.69. The van der Waals surface area contributed by atoms with Crippen molar-refractivity contribution in [2.24, 2.45) is 5.41 Å². The maximum atomic E-state index is 11.8. The second kappa shape index (κ2) is 3.93. The number of hydrogen-bond acceptors (Lipinski definition) is 4. The molecule has 0 saturated heterocycles. The first kappa shape index (κ1) is 10.6. The van der Waals surface area contributed by atoms with Crippen molar-refractivity contribution in [3.63, 3.8) is 0 Å². The van der Waals surface area contributed by atoms with Crippen LogP contribution in [0.25, 0.3) is 0 Å². The minimum atomic E-state index is -1.06. The minimum absolute atomic E-state index is 0.298. The predicted octanol–water partition coefficient (Wildman–Crippen LogP) is 1.25. The molecule has 0 aliphatic heterocycles. The van der Waals surface area contributed by atoms with Crippen molar-refractivity contribution in [2.75, 3.05) is 6.61 Å². The molecule has 1 aromatic heterocycles. The van der Waals surface area contributed by atoms with E-state index >= 15 is 0 Å². The average molecular weight is 216 g/mol. The second-order valence-corrected chi connectivity index (χ2v) is 3.88. The molecule has 1 aromatic rings. The number of pyridine rings is 1. The molecule has 1 aliphatic carbocycles. The molecule has 0 N–H and O–H groups in total. The van der Waals surface area contributed by atoms with Crippen LogP contribution in [0.5, 0.6) is 0 Å². The fourth-order valence-corrected chi connectivity index (χ4v) is 2.00. The lowest BCUT2D eigenvalue weighted by Gasteiger charge is -2.17. The molecule has 82 valence electrons. The zero-order chi connectivity index (χ0) is 11.6. The van der Waals surface area contributed by atoms with Crippen molar-refractivity contribution in [1.29, 1.82) is 5.26 Å². The number of hydrogen-bond donors (Lipinski definition) is 0. The van der Waals surface area contributed by atoms with Gasteiger partial charge in [0.1, 0.15) is 0 Å². The van der Waals surface area contributed by atoms with E-state index < -0.39 is 11.4 Å². The molecule has 0 spiro atoms. The second-order valence-electron chi connectivity index (χ2n) is 3.88. The Balaban J connectivity index is 2.30. The van der Waals surface area contributed by atoms with Gasteiger partial charge in [-0.25, -0.2) is 0 Å². The summed E-state index contributed by atoms with van der Waals surface area (Å²) in [5, 5.41) is 9.21. The number of nitriles is 1. The molecule has 1 aliphatic rings. The molecule has 0 saturated carbocycles. The highest BCUT2D eigenvalue weighted by atomic mass is 16.5. The van der Waals surface area contributed by atoms with E-state index in [9.17, 15) is 10.1 Å². The fourth-order valence-electron chi connectivity index (χ4n) is 2.00. The van der Waals surface area contributed by atoms with Gasteiger partial charge in [-0.1, -0.05) is 6.07 Å². The zero-order valence-corrected chi connectivity index (χ0v) is 9.06. The highest BCUT2D eigenvalue weighted by Crippen LogP contribution is 2.36. The highest BCUT2D eigenvalue weighted by molar-refractivity contribution is 5.82. The van der Waals surface area contributed by atoms with Gasteiger partial charge < -0.3 is 4.74 Å². The Bertz CT molecular complexity index is 437. The molecule has 4 nitrogen and oxygen atoms in total. The van der Waals surface area contributed by atoms with Gasteiger partial charge in [-0.2, -0.15) is 5.26 Å². The topological polar surface area (TPSA) is 63.0 Å². The van der Waals surface area contributed by atoms with Crippen LogP contribution in [-0.2, 0) is 22.4 Å². The predicted molar refractivity (Wildman–Crippen MR) is 56.3 cm³/mol. The smallest absolute Gasteiger partial charge is 0.327 e. The molecule has 0 bridgehead atoms. The van der Waals surface area contributed by atoms with E-state index in [0.717, 1.165) is 11.3 Å². The largest absolute Gasteiger partial charge is 0.465 e. The van der Waals surface area contributed by atoms with Crippen LogP contribution in [0.2, 0.25) is 0 Å². The minimum Gasteiger partial charge on any atom is -0.465 e. The van der Waals surface area contributed by atoms with Crippen LogP contribution in [0.4, 0.5) is 0 Å². The van der Waals surface area contributed by atoms with Crippen LogP contribution in [-0.4, -0.2) is 17.6 Å². The number of fused-ring (bicyclic) bond motifs is 1. The van der Waals surface area contributed by atoms with Gasteiger partial charge in [0.25, 0.3) is 0 Å². The maximum Gasteiger partial charge on any atom is 0.327 e. The summed E-state index contributed by atoms with van der Waals surface area (Å²) in [4.78, 5) is 16.0. The van der Waals surface area contributed by atoms with E-state index in [-0.39, 0.29) is 0 Å². The first-order chi connectivity index (χ1) is 7.72. The van der Waals surface area contributed by atoms with Gasteiger partial charge >= 0.3 is 5.97 Å². The number of aromatic nitrogens is 1. The van der Waals surface area contributed by atoms with Crippen molar-refractivity contribution in [2.45, 2.75) is 19.8 Å². The van der Waals surface area contributed by atoms with Crippen molar-refractivity contribution < 1.29 is 9.53 Å². The number of nitrogens with zero attached hydrogens (tertiary/aromatic N) is 2. The molecule has 2 rings (SSSR count). The molecular formula is C12H12N2O2. The molecule has 1 unspecified atom stereocenters.